The highest BCUT2D eigenvalue weighted by Gasteiger charge is 2.52. The number of halogens is 4. The first-order valence-electron chi connectivity index (χ1n) is 49.2. The van der Waals surface area contributed by atoms with Gasteiger partial charge in [-0.1, -0.05) is 20.3 Å². The van der Waals surface area contributed by atoms with Crippen molar-refractivity contribution in [1.82, 2.24) is 87.2 Å². The smallest absolute Gasteiger partial charge is 0.293 e. The molecule has 24 N–H and O–H groups in total. The molecule has 6 fully saturated rings. The van der Waals surface area contributed by atoms with E-state index in [-0.39, 0.29) is 22.1 Å². The number of rotatable bonds is 29. The zero-order chi connectivity index (χ0) is 109. The van der Waals surface area contributed by atoms with Gasteiger partial charge in [0.25, 0.3) is 6.08 Å². The summed E-state index contributed by atoms with van der Waals surface area (Å²) < 4.78 is 60.7. The number of nitrogen functional groups attached to an aromatic ring is 6. The third-order valence-corrected chi connectivity index (χ3v) is 36.9. The summed E-state index contributed by atoms with van der Waals surface area (Å²) in [6.45, 7) is 22.3. The fourth-order valence-corrected chi connectivity index (χ4v) is 25.6. The molecule has 12 aromatic rings. The number of anilines is 6. The van der Waals surface area contributed by atoms with Crippen molar-refractivity contribution in [2.24, 2.45) is 0 Å². The van der Waals surface area contributed by atoms with Crippen molar-refractivity contribution >= 4 is 230 Å². The minimum atomic E-state index is -1.29. The second kappa shape index (κ2) is 48.8. The van der Waals surface area contributed by atoms with Gasteiger partial charge >= 0.3 is 0 Å². The Labute approximate surface area is 893 Å². The number of nitrogens with two attached hydrogens (primary N) is 6. The van der Waals surface area contributed by atoms with Crippen LogP contribution in [0.15, 0.2) is 78.3 Å². The molecule has 12 aromatic heterocycles. The standard InChI is InChI=1S/C19H31N4O3P.C18H29N4O3P.C15H22BrN4O3P.C15H22ClN4O3P.C15H22FN4O3P.C15H22IN4O3P/c1-5-6-7-14-22-15-12(20)8-10-21-18(15)23(14)19-17(25)16(24)13(26-19)9-11-27(2,3)4;1-5-6-13-21-14-11(19)7-9-20-17(14)22(13)18-16(24)15(23)12(25-18)8-10-26(2,3)4;4*1-24(2,3)7-5-9-11(21)12(22)14(23-9)20-13-10(19-15(20)16)8(17)4-6-18-13/h8,10,13,16-17,19,24-25H,2,5-7,9,11H2,1,3-4H3,(H2,20,21);7,9,12,15-16,18,23-24H,2,5-6,8,10H2,1,3-4H3,(H2,19,20);4*4,6,9,11-12,14,21-22H,1,5,7H2,2-3H3,(H2,17,18)/t13-,16-,17-,19-;12-,15-,16-,18-;4*9-,11-,12-,14-/m111111/s1. The largest absolute Gasteiger partial charge is 0.397 e. The number of aliphatic hydroxyl groups excluding tert-OH is 12. The molecule has 6 saturated heterocycles. The van der Waals surface area contributed by atoms with Crippen molar-refractivity contribution < 1.29 is 94.1 Å². The lowest BCUT2D eigenvalue weighted by atomic mass is 10.1. The van der Waals surface area contributed by atoms with Crippen LogP contribution in [-0.2, 0) is 41.3 Å². The maximum Gasteiger partial charge on any atom is 0.293 e. The highest BCUT2D eigenvalue weighted by Crippen LogP contribution is 2.49. The first-order valence-corrected chi connectivity index (χ1v) is 69.8. The van der Waals surface area contributed by atoms with E-state index in [0.717, 1.165) is 78.9 Å². The molecule has 0 aromatic carbocycles. The van der Waals surface area contributed by atoms with Gasteiger partial charge in [-0.25, -0.2) is 54.8 Å². The molecular formula is C97H148BrClFIN24O18P6. The molecule has 0 unspecified atom stereocenters. The van der Waals surface area contributed by atoms with Gasteiger partial charge in [0.1, 0.15) is 118 Å². The van der Waals surface area contributed by atoms with Crippen LogP contribution in [0.2, 0.25) is 5.28 Å². The summed E-state index contributed by atoms with van der Waals surface area (Å²) in [6, 6.07) is 9.91. The van der Waals surface area contributed by atoms with Crippen LogP contribution < -0.4 is 34.4 Å². The van der Waals surface area contributed by atoms with Gasteiger partial charge in [-0.05, 0) is 232 Å². The molecule has 0 aliphatic carbocycles. The zero-order valence-corrected chi connectivity index (χ0v) is 96.4. The van der Waals surface area contributed by atoms with Crippen LogP contribution in [0.1, 0.15) is 121 Å². The highest BCUT2D eigenvalue weighted by molar-refractivity contribution is 14.1. The van der Waals surface area contributed by atoms with E-state index < -0.39 is 195 Å². The molecule has 0 spiro atoms. The molecule has 0 radical (unpaired) electrons. The monoisotopic (exact) mass is 2380 g/mol. The van der Waals surface area contributed by atoms with Gasteiger partial charge in [-0.3, -0.25) is 27.4 Å². The summed E-state index contributed by atoms with van der Waals surface area (Å²) >= 11 is 11.6. The van der Waals surface area contributed by atoms with Crippen LogP contribution >= 0.6 is 91.4 Å². The Hall–Kier alpha value is -6.97. The molecule has 0 saturated carbocycles. The molecule has 149 heavy (non-hydrogen) atoms. The van der Waals surface area contributed by atoms with Crippen molar-refractivity contribution in [3.05, 3.63) is 105 Å². The summed E-state index contributed by atoms with van der Waals surface area (Å²) in [5.74, 6) is 1.54. The summed E-state index contributed by atoms with van der Waals surface area (Å²) in [6.07, 6.45) is 26.7. The van der Waals surface area contributed by atoms with E-state index in [1.807, 2.05) is 4.57 Å². The van der Waals surface area contributed by atoms with Crippen LogP contribution in [0.5, 0.6) is 0 Å². The molecule has 18 rings (SSSR count). The van der Waals surface area contributed by atoms with Crippen LogP contribution in [0, 0.1) is 9.91 Å². The fourth-order valence-electron chi connectivity index (χ4n) is 18.3. The predicted octanol–water partition coefficient (Wildman–Crippen LogP) is 8.85. The van der Waals surface area contributed by atoms with Crippen molar-refractivity contribution in [2.75, 3.05) is 151 Å². The minimum absolute atomic E-state index is 0.109. The molecular weight excluding hydrogens is 2240 g/mol. The topological polar surface area (TPSA) is 639 Å². The highest BCUT2D eigenvalue weighted by atomic mass is 127. The molecule has 822 valence electrons. The van der Waals surface area contributed by atoms with Crippen LogP contribution in [0.3, 0.4) is 0 Å². The zero-order valence-electron chi connectivity index (χ0n) is 86.6. The number of unbranched alkanes of at least 4 members (excludes halogenated alkanes) is 1. The van der Waals surface area contributed by atoms with Crippen LogP contribution in [0.4, 0.5) is 38.5 Å². The number of hydrogen-bond acceptors (Lipinski definition) is 36. The fraction of sp³-hybridized carbons (Fsp3) is 0.567. The molecule has 42 nitrogen and oxygen atoms in total. The minimum Gasteiger partial charge on any atom is -0.397 e. The Morgan fingerprint density at radius 1 is 0.322 bits per heavy atom. The average Bonchev–Trinajstić information content (AvgIpc) is 1.75. The number of aliphatic hydroxyl groups is 12. The number of pyridine rings is 6. The van der Waals surface area contributed by atoms with E-state index >= 15 is 0 Å². The number of fused-ring (bicyclic) bond motifs is 6. The Morgan fingerprint density at radius 3 is 0.846 bits per heavy atom. The van der Waals surface area contributed by atoms with Gasteiger partial charge in [0.15, 0.2) is 79.8 Å². The Bertz CT molecular complexity index is 6480. The Balaban J connectivity index is 0.000000149. The van der Waals surface area contributed by atoms with E-state index in [2.05, 4.69) is 230 Å². The molecule has 52 heteroatoms. The maximum absolute atomic E-state index is 14.3. The molecule has 0 bridgehead atoms. The van der Waals surface area contributed by atoms with Gasteiger partial charge in [-0.2, -0.15) is 9.37 Å². The van der Waals surface area contributed by atoms with Crippen LogP contribution in [-0.4, -0.2) is 413 Å². The number of hydrogen-bond donors (Lipinski definition) is 18. The van der Waals surface area contributed by atoms with Crippen molar-refractivity contribution in [3.63, 3.8) is 0 Å². The molecule has 18 heterocycles. The maximum atomic E-state index is 14.3. The van der Waals surface area contributed by atoms with Gasteiger partial charge in [0.2, 0.25) is 5.28 Å². The SMILES string of the molecule is C=P(C)(C)CC[C@H]1O[C@@H](n2c(Br)nc3c(N)ccnc32)[C@H](O)[C@@H]1O.C=P(C)(C)CC[C@H]1O[C@@H](n2c(CCC)nc3c(N)ccnc32)[C@H](O)[C@@H]1O.C=P(C)(C)CC[C@H]1O[C@@H](n2c(CCCC)nc3c(N)ccnc32)[C@H](O)[C@@H]1O.C=P(C)(C)CC[C@H]1O[C@@H](n2c(Cl)nc3c(N)ccnc32)[C@H](O)[C@@H]1O.C=P(C)(C)CC[C@H]1O[C@@H](n2c(F)nc3c(N)ccnc32)[C@H](O)[C@@H]1O.C=P(C)(C)CC[C@H]1O[C@@H](n2c(I)nc3c(N)ccnc32)[C@H](O)[C@@H]1O. The average molecular weight is 2390 g/mol. The van der Waals surface area contributed by atoms with Gasteiger partial charge in [-0.15, -0.1) is 79.1 Å². The van der Waals surface area contributed by atoms with Crippen LogP contribution in [0.25, 0.3) is 67.0 Å². The summed E-state index contributed by atoms with van der Waals surface area (Å²) in [7, 11) is 0. The molecule has 6 aliphatic heterocycles. The number of nitrogens with zero attached hydrogens (tertiary/aromatic N) is 18. The second-order valence-electron chi connectivity index (χ2n) is 43.1. The van der Waals surface area contributed by atoms with Crippen molar-refractivity contribution in [1.29, 1.82) is 0 Å². The number of ether oxygens (including phenoxy) is 6. The first kappa shape index (κ1) is 119. The lowest BCUT2D eigenvalue weighted by Gasteiger charge is -2.20. The number of imidazole rings is 6. The first-order chi connectivity index (χ1) is 69.7. The third-order valence-electron chi connectivity index (χ3n) is 26.5. The number of aryl methyl sites for hydroxylation is 2. The van der Waals surface area contributed by atoms with E-state index in [9.17, 15) is 65.7 Å². The van der Waals surface area contributed by atoms with Gasteiger partial charge < -0.3 is 124 Å². The molecule has 0 amide bonds. The van der Waals surface area contributed by atoms with Gasteiger partial charge in [0.05, 0.1) is 70.7 Å². The third kappa shape index (κ3) is 28.0. The van der Waals surface area contributed by atoms with E-state index in [1.165, 1.54) is 23.0 Å². The van der Waals surface area contributed by atoms with Gasteiger partial charge in [0, 0.05) is 72.6 Å². The molecule has 24 atom stereocenters. The Morgan fingerprint density at radius 2 is 0.550 bits per heavy atom. The Kier molecular flexibility index (Phi) is 39.0. The quantitative estimate of drug-likeness (QED) is 0.0154. The number of aromatic nitrogens is 18. The second-order valence-corrected chi connectivity index (χ2v) is 71.0. The van der Waals surface area contributed by atoms with Crippen molar-refractivity contribution in [2.45, 2.75) is 232 Å². The predicted molar refractivity (Wildman–Crippen MR) is 617 cm³/mol. The normalized spacial score (nSPS) is 27.3. The van der Waals surface area contributed by atoms with E-state index in [4.69, 9.17) is 74.4 Å². The molecule has 6 aliphatic rings. The van der Waals surface area contributed by atoms with E-state index in [0.29, 0.717) is 138 Å². The lowest BCUT2D eigenvalue weighted by molar-refractivity contribution is -0.0413. The summed E-state index contributed by atoms with van der Waals surface area (Å²) in [5.41, 5.74) is 44.3. The van der Waals surface area contributed by atoms with Crippen molar-refractivity contribution in [3.8, 4) is 0 Å². The summed E-state index contributed by atoms with van der Waals surface area (Å²) in [4.78, 5) is 51.7. The lowest BCUT2D eigenvalue weighted by Crippen LogP contribution is -2.32. The summed E-state index contributed by atoms with van der Waals surface area (Å²) in [5, 5.41) is 126. The van der Waals surface area contributed by atoms with E-state index in [1.54, 1.807) is 68.8 Å².